The van der Waals surface area contributed by atoms with Crippen LogP contribution in [0.3, 0.4) is 0 Å². The van der Waals surface area contributed by atoms with E-state index in [9.17, 15) is 14.7 Å². The molecule has 1 aliphatic heterocycles. The molecule has 8 nitrogen and oxygen atoms in total. The summed E-state index contributed by atoms with van der Waals surface area (Å²) in [5.41, 5.74) is 0.959. The number of carbonyl (C=O) groups excluding carboxylic acids is 2. The number of amides is 1. The maximum absolute atomic E-state index is 12.9. The summed E-state index contributed by atoms with van der Waals surface area (Å²) in [5.74, 6) is -0.594. The smallest absolute Gasteiger partial charge is 0.301 e. The number of carbonyl (C=O) groups is 2. The fraction of sp³-hybridized carbons (Fsp3) is 0.143. The number of ketones is 1. The van der Waals surface area contributed by atoms with Gasteiger partial charge in [0.15, 0.2) is 5.82 Å². The van der Waals surface area contributed by atoms with Crippen LogP contribution in [0.2, 0.25) is 0 Å². The first-order valence-electron chi connectivity index (χ1n) is 8.80. The van der Waals surface area contributed by atoms with Gasteiger partial charge in [0.2, 0.25) is 0 Å². The van der Waals surface area contributed by atoms with Crippen LogP contribution < -0.4 is 9.64 Å². The summed E-state index contributed by atoms with van der Waals surface area (Å²) in [7, 11) is 1.53. The molecule has 1 aromatic carbocycles. The van der Waals surface area contributed by atoms with E-state index >= 15 is 0 Å². The second-order valence-corrected chi connectivity index (χ2v) is 6.47. The number of ether oxygens (including phenoxy) is 1. The van der Waals surface area contributed by atoms with E-state index in [4.69, 9.17) is 9.26 Å². The van der Waals surface area contributed by atoms with Crippen LogP contribution in [0.1, 0.15) is 22.9 Å². The van der Waals surface area contributed by atoms with Crippen molar-refractivity contribution >= 4 is 23.3 Å². The summed E-state index contributed by atoms with van der Waals surface area (Å²) < 4.78 is 10.2. The Labute approximate surface area is 166 Å². The van der Waals surface area contributed by atoms with Crippen molar-refractivity contribution in [2.24, 2.45) is 0 Å². The molecule has 0 aliphatic carbocycles. The molecule has 2 aromatic heterocycles. The molecule has 1 fully saturated rings. The number of aliphatic hydroxyl groups is 1. The monoisotopic (exact) mass is 391 g/mol. The van der Waals surface area contributed by atoms with Crippen molar-refractivity contribution in [3.8, 4) is 5.75 Å². The van der Waals surface area contributed by atoms with Gasteiger partial charge in [0.25, 0.3) is 5.78 Å². The number of hydrogen-bond acceptors (Lipinski definition) is 7. The number of aliphatic hydroxyl groups excluding tert-OH is 1. The summed E-state index contributed by atoms with van der Waals surface area (Å²) in [4.78, 5) is 31.0. The fourth-order valence-electron chi connectivity index (χ4n) is 3.30. The highest BCUT2D eigenvalue weighted by Gasteiger charge is 2.48. The number of methoxy groups -OCH3 is 1. The van der Waals surface area contributed by atoms with Gasteiger partial charge >= 0.3 is 5.91 Å². The van der Waals surface area contributed by atoms with Crippen LogP contribution in [0.25, 0.3) is 5.76 Å². The van der Waals surface area contributed by atoms with Crippen LogP contribution in [0.15, 0.2) is 65.0 Å². The van der Waals surface area contributed by atoms with Crippen molar-refractivity contribution in [1.29, 1.82) is 0 Å². The molecule has 1 amide bonds. The Bertz CT molecular complexity index is 1100. The van der Waals surface area contributed by atoms with Crippen molar-refractivity contribution in [2.45, 2.75) is 13.0 Å². The normalized spacial score (nSPS) is 18.3. The number of benzene rings is 1. The lowest BCUT2D eigenvalue weighted by molar-refractivity contribution is -0.132. The Balaban J connectivity index is 1.90. The predicted molar refractivity (Wildman–Crippen MR) is 103 cm³/mol. The first-order chi connectivity index (χ1) is 14.0. The van der Waals surface area contributed by atoms with E-state index < -0.39 is 17.7 Å². The van der Waals surface area contributed by atoms with Crippen LogP contribution in [-0.2, 0) is 9.59 Å². The van der Waals surface area contributed by atoms with E-state index in [1.807, 2.05) is 0 Å². The first-order valence-corrected chi connectivity index (χ1v) is 8.80. The van der Waals surface area contributed by atoms with Gasteiger partial charge in [-0.1, -0.05) is 5.16 Å². The molecule has 1 aliphatic rings. The number of aryl methyl sites for hydroxylation is 1. The number of nitrogens with zero attached hydrogens (tertiary/aromatic N) is 3. The first kappa shape index (κ1) is 18.4. The van der Waals surface area contributed by atoms with Crippen LogP contribution in [0.4, 0.5) is 5.82 Å². The molecule has 29 heavy (non-hydrogen) atoms. The van der Waals surface area contributed by atoms with Crippen LogP contribution in [-0.4, -0.2) is 34.0 Å². The molecule has 4 rings (SSSR count). The number of hydrogen-bond donors (Lipinski definition) is 1. The van der Waals surface area contributed by atoms with Gasteiger partial charge < -0.3 is 14.4 Å². The molecule has 1 unspecified atom stereocenters. The molecule has 1 atom stereocenters. The SMILES string of the molecule is COc1ccc(/C(O)=C2/C(=O)C(=O)N(c3cc(C)on3)C2c2ccncc2)cc1. The average Bonchev–Trinajstić information content (AvgIpc) is 3.29. The van der Waals surface area contributed by atoms with Gasteiger partial charge in [0.1, 0.15) is 17.3 Å². The predicted octanol–water partition coefficient (Wildman–Crippen LogP) is 3.01. The molecule has 0 radical (unpaired) electrons. The van der Waals surface area contributed by atoms with Gasteiger partial charge in [-0.05, 0) is 48.9 Å². The van der Waals surface area contributed by atoms with Crippen molar-refractivity contribution < 1.29 is 24.0 Å². The number of rotatable bonds is 4. The zero-order valence-electron chi connectivity index (χ0n) is 15.7. The van der Waals surface area contributed by atoms with E-state index in [0.717, 1.165) is 0 Å². The van der Waals surface area contributed by atoms with Gasteiger partial charge in [-0.25, -0.2) is 0 Å². The highest BCUT2D eigenvalue weighted by Crippen LogP contribution is 2.41. The molecular weight excluding hydrogens is 374 g/mol. The summed E-state index contributed by atoms with van der Waals surface area (Å²) >= 11 is 0. The lowest BCUT2D eigenvalue weighted by Gasteiger charge is -2.22. The molecule has 146 valence electrons. The molecular formula is C21H17N3O5. The quantitative estimate of drug-likeness (QED) is 0.414. The van der Waals surface area contributed by atoms with E-state index in [1.165, 1.54) is 12.0 Å². The summed E-state index contributed by atoms with van der Waals surface area (Å²) in [6.45, 7) is 1.69. The Morgan fingerprint density at radius 1 is 1.14 bits per heavy atom. The molecule has 1 N–H and O–H groups in total. The number of Topliss-reactive ketones (excluding diaryl/α,β-unsaturated/α-hetero) is 1. The maximum atomic E-state index is 12.9. The second kappa shape index (κ2) is 7.23. The third-order valence-corrected chi connectivity index (χ3v) is 4.69. The minimum atomic E-state index is -0.871. The summed E-state index contributed by atoms with van der Waals surface area (Å²) in [6.07, 6.45) is 3.10. The minimum Gasteiger partial charge on any atom is -0.507 e. The zero-order chi connectivity index (χ0) is 20.5. The maximum Gasteiger partial charge on any atom is 0.301 e. The molecule has 0 bridgehead atoms. The van der Waals surface area contributed by atoms with Crippen molar-refractivity contribution in [3.05, 3.63) is 77.3 Å². The highest BCUT2D eigenvalue weighted by atomic mass is 16.5. The van der Waals surface area contributed by atoms with Gasteiger partial charge in [0, 0.05) is 24.0 Å². The standard InChI is InChI=1S/C21H17N3O5/c1-12-11-16(23-29-12)24-18(13-7-9-22-10-8-13)17(20(26)21(24)27)19(25)14-3-5-15(28-2)6-4-14/h3-11,18,25H,1-2H3/b19-17-. The van der Waals surface area contributed by atoms with Crippen LogP contribution in [0, 0.1) is 6.92 Å². The van der Waals surface area contributed by atoms with Gasteiger partial charge in [-0.2, -0.15) is 0 Å². The number of aromatic nitrogens is 2. The Morgan fingerprint density at radius 2 is 1.83 bits per heavy atom. The van der Waals surface area contributed by atoms with E-state index in [-0.39, 0.29) is 17.2 Å². The molecule has 3 aromatic rings. The Morgan fingerprint density at radius 3 is 2.41 bits per heavy atom. The van der Waals surface area contributed by atoms with E-state index in [2.05, 4.69) is 10.1 Å². The van der Waals surface area contributed by atoms with Crippen molar-refractivity contribution in [2.75, 3.05) is 12.0 Å². The fourth-order valence-corrected chi connectivity index (χ4v) is 3.30. The molecule has 0 spiro atoms. The third-order valence-electron chi connectivity index (χ3n) is 4.69. The topological polar surface area (TPSA) is 106 Å². The lowest BCUT2D eigenvalue weighted by atomic mass is 9.96. The summed E-state index contributed by atoms with van der Waals surface area (Å²) in [6, 6.07) is 10.6. The van der Waals surface area contributed by atoms with Crippen LogP contribution in [0.5, 0.6) is 5.75 Å². The van der Waals surface area contributed by atoms with Crippen molar-refractivity contribution in [1.82, 2.24) is 10.1 Å². The molecule has 0 saturated carbocycles. The molecule has 8 heteroatoms. The molecule has 1 saturated heterocycles. The minimum absolute atomic E-state index is 0.0352. The van der Waals surface area contributed by atoms with E-state index in [1.54, 1.807) is 61.8 Å². The Kier molecular flexibility index (Phi) is 4.59. The van der Waals surface area contributed by atoms with Crippen molar-refractivity contribution in [3.63, 3.8) is 0 Å². The van der Waals surface area contributed by atoms with Gasteiger partial charge in [-0.3, -0.25) is 19.5 Å². The third kappa shape index (κ3) is 3.14. The second-order valence-electron chi connectivity index (χ2n) is 6.47. The zero-order valence-corrected chi connectivity index (χ0v) is 15.7. The lowest BCUT2D eigenvalue weighted by Crippen LogP contribution is -2.29. The largest absolute Gasteiger partial charge is 0.507 e. The van der Waals surface area contributed by atoms with E-state index in [0.29, 0.717) is 22.6 Å². The van der Waals surface area contributed by atoms with Gasteiger partial charge in [0.05, 0.1) is 18.7 Å². The number of anilines is 1. The molecule has 3 heterocycles. The Hall–Kier alpha value is -3.94. The van der Waals surface area contributed by atoms with Crippen LogP contribution >= 0.6 is 0 Å². The highest BCUT2D eigenvalue weighted by molar-refractivity contribution is 6.51. The van der Waals surface area contributed by atoms with Gasteiger partial charge in [-0.15, -0.1) is 0 Å². The number of pyridine rings is 1. The summed E-state index contributed by atoms with van der Waals surface area (Å²) in [5, 5.41) is 14.8. The average molecular weight is 391 g/mol.